The number of nitrogens with zero attached hydrogens (tertiary/aromatic N) is 3. The number of hydrazone groups is 1. The molecule has 2 aliphatic rings. The number of hydrogen-bond acceptors (Lipinski definition) is 5. The summed E-state index contributed by atoms with van der Waals surface area (Å²) in [5.74, 6) is 0.882. The van der Waals surface area contributed by atoms with E-state index in [0.717, 1.165) is 21.2 Å². The molecule has 23 heavy (non-hydrogen) atoms. The van der Waals surface area contributed by atoms with Gasteiger partial charge in [-0.3, -0.25) is 0 Å². The predicted molar refractivity (Wildman–Crippen MR) is 83.7 cm³/mol. The van der Waals surface area contributed by atoms with E-state index in [-0.39, 0.29) is 5.84 Å². The number of amidine groups is 1. The molecule has 1 aromatic rings. The third-order valence-electron chi connectivity index (χ3n) is 3.47. The van der Waals surface area contributed by atoms with Crippen LogP contribution in [0.3, 0.4) is 0 Å². The zero-order valence-corrected chi connectivity index (χ0v) is 13.0. The lowest BCUT2D eigenvalue weighted by molar-refractivity contribution is -0.254. The second kappa shape index (κ2) is 5.68. The van der Waals surface area contributed by atoms with Gasteiger partial charge in [0.25, 0.3) is 5.72 Å². The molecule has 3 rings (SSSR count). The van der Waals surface area contributed by atoms with Gasteiger partial charge in [-0.05, 0) is 24.0 Å². The normalized spacial score (nSPS) is 23.6. The lowest BCUT2D eigenvalue weighted by Crippen LogP contribution is -2.47. The number of aliphatic imine (C=N–C) groups is 1. The second-order valence-electron chi connectivity index (χ2n) is 5.09. The lowest BCUT2D eigenvalue weighted by Gasteiger charge is -2.24. The van der Waals surface area contributed by atoms with Crippen molar-refractivity contribution in [2.45, 2.75) is 23.7 Å². The predicted octanol–water partition coefficient (Wildman–Crippen LogP) is 3.04. The minimum atomic E-state index is -4.84. The molecular formula is C15H14F3N3OS. The maximum atomic E-state index is 12.9. The summed E-state index contributed by atoms with van der Waals surface area (Å²) in [6.07, 6.45) is -1.78. The van der Waals surface area contributed by atoms with Gasteiger partial charge in [0.15, 0.2) is 0 Å². The Morgan fingerprint density at radius 1 is 1.30 bits per heavy atom. The number of rotatable bonds is 3. The Labute approximate surface area is 135 Å². The highest BCUT2D eigenvalue weighted by Gasteiger charge is 2.58. The number of halogens is 3. The number of thioether (sulfide) groups is 1. The molecule has 8 heteroatoms. The molecule has 1 unspecified atom stereocenters. The van der Waals surface area contributed by atoms with Gasteiger partial charge in [-0.25, -0.2) is 10.0 Å². The average molecular weight is 341 g/mol. The van der Waals surface area contributed by atoms with E-state index in [2.05, 4.69) is 10.1 Å². The van der Waals surface area contributed by atoms with Crippen molar-refractivity contribution in [2.75, 3.05) is 12.3 Å². The zero-order valence-electron chi connectivity index (χ0n) is 12.2. The Hall–Kier alpha value is -1.80. The fraction of sp³-hybridized carbons (Fsp3) is 0.333. The summed E-state index contributed by atoms with van der Waals surface area (Å²) in [6.45, 7) is 1.29. The first-order valence-corrected chi connectivity index (χ1v) is 7.98. The first-order chi connectivity index (χ1) is 10.8. The molecule has 1 aromatic carbocycles. The van der Waals surface area contributed by atoms with Crippen LogP contribution in [-0.2, 0) is 0 Å². The number of allylic oxidation sites excluding steroid dienone is 1. The number of benzene rings is 1. The Kier molecular flexibility index (Phi) is 3.97. The van der Waals surface area contributed by atoms with Crippen molar-refractivity contribution in [3.63, 3.8) is 0 Å². The minimum absolute atomic E-state index is 0.00852. The van der Waals surface area contributed by atoms with E-state index in [1.165, 1.54) is 6.08 Å². The fourth-order valence-electron chi connectivity index (χ4n) is 2.36. The van der Waals surface area contributed by atoms with E-state index >= 15 is 0 Å². The third-order valence-corrected chi connectivity index (χ3v) is 4.43. The highest BCUT2D eigenvalue weighted by Crippen LogP contribution is 2.37. The van der Waals surface area contributed by atoms with E-state index in [9.17, 15) is 18.3 Å². The molecule has 0 bridgehead atoms. The van der Waals surface area contributed by atoms with Crippen LogP contribution in [0.25, 0.3) is 0 Å². The van der Waals surface area contributed by atoms with Crippen LogP contribution in [-0.4, -0.2) is 45.9 Å². The largest absolute Gasteiger partial charge is 0.440 e. The van der Waals surface area contributed by atoms with Crippen molar-refractivity contribution in [3.05, 3.63) is 42.0 Å². The summed E-state index contributed by atoms with van der Waals surface area (Å²) in [5.41, 5.74) is -1.72. The molecule has 0 aliphatic carbocycles. The molecule has 1 N–H and O–H groups in total. The monoisotopic (exact) mass is 341 g/mol. The fourth-order valence-corrected chi connectivity index (χ4v) is 3.17. The number of hydrogen-bond donors (Lipinski definition) is 1. The molecule has 0 fully saturated rings. The summed E-state index contributed by atoms with van der Waals surface area (Å²) in [6, 6.07) is 7.57. The van der Waals surface area contributed by atoms with Crippen LogP contribution in [0.15, 0.2) is 51.4 Å². The van der Waals surface area contributed by atoms with Gasteiger partial charge in [-0.15, -0.1) is 11.8 Å². The zero-order chi connectivity index (χ0) is 16.7. The van der Waals surface area contributed by atoms with Crippen molar-refractivity contribution in [3.8, 4) is 0 Å². The summed E-state index contributed by atoms with van der Waals surface area (Å²) < 4.78 is 38.7. The first kappa shape index (κ1) is 16.1. The molecule has 0 aromatic heterocycles. The van der Waals surface area contributed by atoms with Gasteiger partial charge < -0.3 is 5.11 Å². The molecule has 0 radical (unpaired) electrons. The maximum Gasteiger partial charge on any atom is 0.440 e. The van der Waals surface area contributed by atoms with Crippen molar-refractivity contribution >= 4 is 23.3 Å². The Morgan fingerprint density at radius 3 is 2.74 bits per heavy atom. The van der Waals surface area contributed by atoms with E-state index in [0.29, 0.717) is 5.71 Å². The molecule has 1 atom stereocenters. The summed E-state index contributed by atoms with van der Waals surface area (Å²) in [4.78, 5) is 4.38. The summed E-state index contributed by atoms with van der Waals surface area (Å²) >= 11 is 1.63. The maximum absolute atomic E-state index is 12.9. The summed E-state index contributed by atoms with van der Waals surface area (Å²) in [7, 11) is 0. The van der Waals surface area contributed by atoms with Gasteiger partial charge >= 0.3 is 6.18 Å². The van der Waals surface area contributed by atoms with Crippen LogP contribution in [0.2, 0.25) is 0 Å². The van der Waals surface area contributed by atoms with Crippen LogP contribution < -0.4 is 0 Å². The number of fused-ring (bicyclic) bond motifs is 1. The molecule has 0 amide bonds. The van der Waals surface area contributed by atoms with Crippen LogP contribution in [0.1, 0.15) is 12.5 Å². The number of alkyl halides is 3. The van der Waals surface area contributed by atoms with Gasteiger partial charge in [0.1, 0.15) is 12.4 Å². The third kappa shape index (κ3) is 2.88. The standard InChI is InChI=1S/C15H14F3N3OS/c1-2-23-12-6-4-3-5-10(12)11-7-8-13-19-14(22,15(16,17)18)9-21(13)20-11/h3-8,22H,2,9H2,1H3. The Morgan fingerprint density at radius 2 is 2.04 bits per heavy atom. The Bertz CT molecular complexity index is 714. The van der Waals surface area contributed by atoms with Gasteiger partial charge in [-0.2, -0.15) is 18.3 Å². The van der Waals surface area contributed by atoms with E-state index in [4.69, 9.17) is 0 Å². The quantitative estimate of drug-likeness (QED) is 0.860. The molecule has 122 valence electrons. The van der Waals surface area contributed by atoms with Gasteiger partial charge in [0.2, 0.25) is 0 Å². The van der Waals surface area contributed by atoms with Gasteiger partial charge in [0.05, 0.1) is 5.71 Å². The first-order valence-electron chi connectivity index (χ1n) is 6.99. The minimum Gasteiger partial charge on any atom is -0.361 e. The van der Waals surface area contributed by atoms with Crippen molar-refractivity contribution in [1.82, 2.24) is 5.01 Å². The molecule has 4 nitrogen and oxygen atoms in total. The van der Waals surface area contributed by atoms with Gasteiger partial charge in [-0.1, -0.05) is 25.1 Å². The van der Waals surface area contributed by atoms with E-state index < -0.39 is 18.4 Å². The number of aliphatic hydroxyl groups is 1. The van der Waals surface area contributed by atoms with E-state index in [1.54, 1.807) is 17.8 Å². The molecule has 0 saturated carbocycles. The molecular weight excluding hydrogens is 327 g/mol. The van der Waals surface area contributed by atoms with Crippen LogP contribution in [0.4, 0.5) is 13.2 Å². The van der Waals surface area contributed by atoms with Crippen LogP contribution >= 0.6 is 11.8 Å². The van der Waals surface area contributed by atoms with Crippen molar-refractivity contribution < 1.29 is 18.3 Å². The Balaban J connectivity index is 1.93. The molecule has 0 saturated heterocycles. The second-order valence-corrected chi connectivity index (χ2v) is 6.40. The average Bonchev–Trinajstić information content (AvgIpc) is 2.84. The van der Waals surface area contributed by atoms with Gasteiger partial charge in [0, 0.05) is 10.5 Å². The van der Waals surface area contributed by atoms with Crippen LogP contribution in [0, 0.1) is 0 Å². The van der Waals surface area contributed by atoms with Crippen molar-refractivity contribution in [1.29, 1.82) is 0 Å². The highest BCUT2D eigenvalue weighted by molar-refractivity contribution is 7.99. The molecule has 2 heterocycles. The highest BCUT2D eigenvalue weighted by atomic mass is 32.2. The van der Waals surface area contributed by atoms with Crippen LogP contribution in [0.5, 0.6) is 0 Å². The lowest BCUT2D eigenvalue weighted by atomic mass is 10.1. The SMILES string of the molecule is CCSc1ccccc1C1=NN2CC(O)(C(F)(F)F)N=C2C=C1. The van der Waals surface area contributed by atoms with E-state index in [1.807, 2.05) is 31.2 Å². The smallest absolute Gasteiger partial charge is 0.361 e. The molecule has 0 spiro atoms. The molecule has 2 aliphatic heterocycles. The summed E-state index contributed by atoms with van der Waals surface area (Å²) in [5, 5.41) is 15.0. The topological polar surface area (TPSA) is 48.2 Å². The van der Waals surface area contributed by atoms with Crippen molar-refractivity contribution in [2.24, 2.45) is 10.1 Å².